The van der Waals surface area contributed by atoms with Crippen molar-refractivity contribution in [2.45, 2.75) is 205 Å². The van der Waals surface area contributed by atoms with Crippen LogP contribution in [0.3, 0.4) is 0 Å². The number of hydrogen-bond donors (Lipinski definition) is 12. The lowest BCUT2D eigenvalue weighted by atomic mass is 9.94. The Kier molecular flexibility index (Phi) is 27.7. The second-order valence-electron chi connectivity index (χ2n) is 19.3. The molecule has 3 rings (SSSR count). The van der Waals surface area contributed by atoms with Crippen molar-refractivity contribution in [3.05, 3.63) is 46.6 Å². The normalized spacial score (nSPS) is 33.6. The van der Waals surface area contributed by atoms with E-state index in [9.17, 15) is 69.4 Å². The highest BCUT2D eigenvalue weighted by Gasteiger charge is 2.55. The number of nitrogens with one attached hydrogen (secondary N) is 2. The molecule has 2 amide bonds. The van der Waals surface area contributed by atoms with E-state index in [2.05, 4.69) is 73.9 Å². The molecule has 3 aliphatic rings. The van der Waals surface area contributed by atoms with Crippen LogP contribution in [-0.2, 0) is 55.8 Å². The molecule has 0 spiro atoms. The summed E-state index contributed by atoms with van der Waals surface area (Å²) >= 11 is 0. The zero-order valence-electron chi connectivity index (χ0n) is 43.0. The number of amides is 2. The Morgan fingerprint density at radius 2 is 1.00 bits per heavy atom. The summed E-state index contributed by atoms with van der Waals surface area (Å²) in [5.41, 5.74) is 5.33. The van der Waals surface area contributed by atoms with Crippen LogP contribution in [-0.4, -0.2) is 181 Å². The van der Waals surface area contributed by atoms with Gasteiger partial charge in [0.25, 0.3) is 0 Å². The SMILES string of the molecule is CC(=O)N[C@H]1[C@H](O[C@H]2[C@H](O)[C@@H](NC(C)=O)[C@@H](OP(=O)(O)OP(=O)(O)OCCC(C)CC/C=C(/C)CC/C=C(\C)CC/C=C(\C)CCC=C(C)C)O[C@@H]2CO)O[C@H](CO)[C@@H](O[C@@H]2O[C@H](CO)[C@@H](O)[C@H](O)[C@@H]2O)[C@@H]1O. The molecule has 0 radical (unpaired) electrons. The summed E-state index contributed by atoms with van der Waals surface area (Å²) < 4.78 is 69.1. The predicted molar refractivity (Wildman–Crippen MR) is 261 cm³/mol. The number of phosphoric acid groups is 2. The van der Waals surface area contributed by atoms with Crippen molar-refractivity contribution in [3.8, 4) is 0 Å². The molecular formula is C47H82N2O22P2. The van der Waals surface area contributed by atoms with Gasteiger partial charge in [-0.1, -0.05) is 53.5 Å². The summed E-state index contributed by atoms with van der Waals surface area (Å²) in [5.74, 6) is -1.63. The Balaban J connectivity index is 1.59. The van der Waals surface area contributed by atoms with Crippen LogP contribution in [0.1, 0.15) is 113 Å². The molecule has 422 valence electrons. The van der Waals surface area contributed by atoms with Crippen LogP contribution in [0.4, 0.5) is 0 Å². The molecule has 0 aliphatic carbocycles. The minimum atomic E-state index is -5.68. The van der Waals surface area contributed by atoms with Crippen molar-refractivity contribution >= 4 is 27.5 Å². The molecule has 3 unspecified atom stereocenters. The highest BCUT2D eigenvalue weighted by atomic mass is 31.3. The van der Waals surface area contributed by atoms with Gasteiger partial charge in [-0.25, -0.2) is 9.13 Å². The Morgan fingerprint density at radius 3 is 1.48 bits per heavy atom. The third-order valence-corrected chi connectivity index (χ3v) is 15.1. The van der Waals surface area contributed by atoms with Crippen molar-refractivity contribution in [1.82, 2.24) is 10.6 Å². The second-order valence-corrected chi connectivity index (χ2v) is 22.3. The van der Waals surface area contributed by atoms with Gasteiger partial charge in [0.05, 0.1) is 26.4 Å². The third kappa shape index (κ3) is 21.5. The number of hydrogen-bond acceptors (Lipinski definition) is 20. The summed E-state index contributed by atoms with van der Waals surface area (Å²) in [4.78, 5) is 45.8. The van der Waals surface area contributed by atoms with Gasteiger partial charge in [-0.2, -0.15) is 4.31 Å². The zero-order chi connectivity index (χ0) is 54.8. The Hall–Kier alpha value is -2.36. The van der Waals surface area contributed by atoms with Crippen molar-refractivity contribution in [3.63, 3.8) is 0 Å². The van der Waals surface area contributed by atoms with Gasteiger partial charge in [-0.05, 0) is 98.3 Å². The van der Waals surface area contributed by atoms with Crippen molar-refractivity contribution in [1.29, 1.82) is 0 Å². The first kappa shape index (κ1) is 64.9. The maximum absolute atomic E-state index is 13.2. The number of allylic oxidation sites excluding steroid dienone is 8. The molecule has 0 aromatic heterocycles. The summed E-state index contributed by atoms with van der Waals surface area (Å²) in [5, 5.41) is 89.0. The first-order valence-corrected chi connectivity index (χ1v) is 27.6. The fourth-order valence-electron chi connectivity index (χ4n) is 8.36. The summed E-state index contributed by atoms with van der Waals surface area (Å²) in [6.45, 7) is 11.4. The number of carbonyl (C=O) groups excluding carboxylic acids is 2. The molecule has 18 atom stereocenters. The average Bonchev–Trinajstić information content (AvgIpc) is 3.29. The van der Waals surface area contributed by atoms with Gasteiger partial charge < -0.3 is 85.0 Å². The molecule has 0 bridgehead atoms. The monoisotopic (exact) mass is 1090 g/mol. The molecule has 3 saturated heterocycles. The first-order chi connectivity index (χ1) is 34.2. The smallest absolute Gasteiger partial charge is 0.394 e. The van der Waals surface area contributed by atoms with E-state index in [0.29, 0.717) is 0 Å². The summed E-state index contributed by atoms with van der Waals surface area (Å²) in [6, 6.07) is -3.52. The fourth-order valence-corrected chi connectivity index (χ4v) is 10.5. The number of aliphatic hydroxyl groups excluding tert-OH is 8. The van der Waals surface area contributed by atoms with Gasteiger partial charge in [-0.15, -0.1) is 0 Å². The van der Waals surface area contributed by atoms with E-state index in [-0.39, 0.29) is 18.9 Å². The maximum atomic E-state index is 13.2. The van der Waals surface area contributed by atoms with E-state index in [1.165, 1.54) is 22.3 Å². The van der Waals surface area contributed by atoms with Crippen LogP contribution in [0.5, 0.6) is 0 Å². The predicted octanol–water partition coefficient (Wildman–Crippen LogP) is 1.93. The zero-order valence-corrected chi connectivity index (χ0v) is 44.8. The van der Waals surface area contributed by atoms with Crippen LogP contribution in [0.2, 0.25) is 0 Å². The largest absolute Gasteiger partial charge is 0.483 e. The number of ether oxygens (including phenoxy) is 5. The van der Waals surface area contributed by atoms with Crippen LogP contribution in [0, 0.1) is 5.92 Å². The van der Waals surface area contributed by atoms with E-state index < -0.39 is 139 Å². The van der Waals surface area contributed by atoms with Crippen molar-refractivity contribution < 1.29 is 106 Å². The van der Waals surface area contributed by atoms with E-state index in [1.807, 2.05) is 6.92 Å². The highest BCUT2D eigenvalue weighted by Crippen LogP contribution is 2.61. The number of aliphatic hydroxyl groups is 8. The van der Waals surface area contributed by atoms with E-state index >= 15 is 0 Å². The minimum Gasteiger partial charge on any atom is -0.394 e. The quantitative estimate of drug-likeness (QED) is 0.0376. The van der Waals surface area contributed by atoms with Crippen LogP contribution in [0.15, 0.2) is 46.6 Å². The average molecular weight is 1090 g/mol. The Labute approximate surface area is 427 Å². The molecule has 3 heterocycles. The van der Waals surface area contributed by atoms with E-state index in [4.69, 9.17) is 32.7 Å². The van der Waals surface area contributed by atoms with Crippen molar-refractivity contribution in [2.24, 2.45) is 5.92 Å². The Morgan fingerprint density at radius 1 is 0.562 bits per heavy atom. The topological polar surface area (TPSA) is 368 Å². The van der Waals surface area contributed by atoms with Gasteiger partial charge in [0.1, 0.15) is 73.1 Å². The molecule has 0 aromatic rings. The molecule has 26 heteroatoms. The molecule has 3 fully saturated rings. The minimum absolute atomic E-state index is 0.0135. The molecule has 24 nitrogen and oxygen atoms in total. The molecule has 12 N–H and O–H groups in total. The van der Waals surface area contributed by atoms with E-state index in [0.717, 1.165) is 65.2 Å². The van der Waals surface area contributed by atoms with Crippen LogP contribution >= 0.6 is 15.6 Å². The van der Waals surface area contributed by atoms with E-state index in [1.54, 1.807) is 0 Å². The number of carbonyl (C=O) groups is 2. The van der Waals surface area contributed by atoms with Gasteiger partial charge in [-0.3, -0.25) is 18.6 Å². The van der Waals surface area contributed by atoms with Gasteiger partial charge >= 0.3 is 15.6 Å². The molecule has 0 saturated carbocycles. The number of phosphoric ester groups is 2. The van der Waals surface area contributed by atoms with Gasteiger partial charge in [0.2, 0.25) is 11.8 Å². The lowest BCUT2D eigenvalue weighted by Crippen LogP contribution is -2.70. The molecule has 3 aliphatic heterocycles. The lowest BCUT2D eigenvalue weighted by Gasteiger charge is -2.49. The first-order valence-electron chi connectivity index (χ1n) is 24.6. The fraction of sp³-hybridized carbons (Fsp3) is 0.787. The van der Waals surface area contributed by atoms with Gasteiger partial charge in [0, 0.05) is 13.8 Å². The standard InChI is InChI=1S/C47H82N2O22P2/c1-26(2)13-9-14-27(3)15-10-16-28(4)17-11-18-29(5)19-12-20-30(6)21-22-64-72(60,61)71-73(62,63)70-46-37(49-32(8)54)40(57)43(35(25-52)67-46)68-45-36(48-31(7)53)39(56)44(34(24-51)66-45)69-47-42(59)41(58)38(55)33(23-50)65-47/h13,15,17,19,30,33-47,50-52,55-59H,9-12,14,16,18,20-25H2,1-8H3,(H,48,53)(H,49,54)(H,60,61)(H,62,63)/b27-15+,28-17+,29-19-/t30?,33-,34-,35-,36-,37-,38-,39-,40-,41+,42+,43-,44-,45+,46-,47+/m1/s1. The number of rotatable bonds is 29. The third-order valence-electron chi connectivity index (χ3n) is 12.5. The highest BCUT2D eigenvalue weighted by molar-refractivity contribution is 7.61. The molecule has 73 heavy (non-hydrogen) atoms. The summed E-state index contributed by atoms with van der Waals surface area (Å²) in [6.07, 6.45) is -6.95. The molecule has 0 aromatic carbocycles. The maximum Gasteiger partial charge on any atom is 0.483 e. The van der Waals surface area contributed by atoms with Crippen LogP contribution < -0.4 is 10.6 Å². The Bertz CT molecular complexity index is 1950. The van der Waals surface area contributed by atoms with Crippen LogP contribution in [0.25, 0.3) is 0 Å². The second kappa shape index (κ2) is 31.1. The van der Waals surface area contributed by atoms with Crippen molar-refractivity contribution in [2.75, 3.05) is 26.4 Å². The van der Waals surface area contributed by atoms with Gasteiger partial charge in [0.15, 0.2) is 18.9 Å². The molecular weight excluding hydrogens is 1010 g/mol. The summed E-state index contributed by atoms with van der Waals surface area (Å²) in [7, 11) is -11.0. The lowest BCUT2D eigenvalue weighted by molar-refractivity contribution is -0.360.